The Kier molecular flexibility index (Phi) is 3.37. The third-order valence-electron chi connectivity index (χ3n) is 4.06. The summed E-state index contributed by atoms with van der Waals surface area (Å²) >= 11 is 6.23. The van der Waals surface area contributed by atoms with Crippen molar-refractivity contribution in [2.24, 2.45) is 0 Å². The monoisotopic (exact) mass is 253 g/mol. The minimum atomic E-state index is 0.549. The van der Waals surface area contributed by atoms with Crippen molar-refractivity contribution >= 4 is 11.6 Å². The number of halogens is 1. The Morgan fingerprint density at radius 1 is 0.882 bits per heavy atom. The zero-order valence-corrected chi connectivity index (χ0v) is 11.0. The van der Waals surface area contributed by atoms with Gasteiger partial charge < -0.3 is 0 Å². The van der Waals surface area contributed by atoms with Crippen LogP contribution >= 0.6 is 11.6 Å². The maximum Gasteiger partial charge on any atom is 0.225 e. The van der Waals surface area contributed by atoms with E-state index in [1.54, 1.807) is 0 Å². The van der Waals surface area contributed by atoms with E-state index in [2.05, 4.69) is 14.8 Å². The molecule has 0 spiro atoms. The number of hydrogen-bond donors (Lipinski definition) is 0. The Morgan fingerprint density at radius 2 is 1.53 bits per heavy atom. The molecule has 2 aliphatic rings. The fourth-order valence-corrected chi connectivity index (χ4v) is 3.20. The van der Waals surface area contributed by atoms with Crippen molar-refractivity contribution in [1.29, 1.82) is 0 Å². The van der Waals surface area contributed by atoms with Crippen molar-refractivity contribution in [2.75, 3.05) is 0 Å². The Bertz CT molecular complexity index is 376. The van der Waals surface area contributed by atoms with Gasteiger partial charge in [0, 0.05) is 12.0 Å². The first-order chi connectivity index (χ1) is 8.36. The van der Waals surface area contributed by atoms with Gasteiger partial charge in [-0.15, -0.1) is 10.2 Å². The van der Waals surface area contributed by atoms with E-state index in [1.165, 1.54) is 57.8 Å². The Hall–Kier alpha value is -0.570. The molecule has 0 aliphatic heterocycles. The van der Waals surface area contributed by atoms with Gasteiger partial charge in [-0.05, 0) is 37.3 Å². The summed E-state index contributed by atoms with van der Waals surface area (Å²) in [6.07, 6.45) is 11.8. The van der Waals surface area contributed by atoms with Gasteiger partial charge in [-0.25, -0.2) is 0 Å². The van der Waals surface area contributed by atoms with E-state index in [0.717, 1.165) is 5.82 Å². The number of hydrogen-bond acceptors (Lipinski definition) is 2. The zero-order valence-electron chi connectivity index (χ0n) is 10.2. The lowest BCUT2D eigenvalue weighted by Gasteiger charge is -2.23. The van der Waals surface area contributed by atoms with Crippen LogP contribution < -0.4 is 0 Å². The van der Waals surface area contributed by atoms with Gasteiger partial charge in [0.2, 0.25) is 5.28 Å². The molecule has 4 heteroatoms. The highest BCUT2D eigenvalue weighted by molar-refractivity contribution is 6.28. The van der Waals surface area contributed by atoms with Crippen molar-refractivity contribution in [3.05, 3.63) is 11.1 Å². The average Bonchev–Trinajstić information content (AvgIpc) is 3.04. The Labute approximate surface area is 108 Å². The Balaban J connectivity index is 1.82. The van der Waals surface area contributed by atoms with E-state index in [-0.39, 0.29) is 0 Å². The number of aromatic nitrogens is 3. The summed E-state index contributed by atoms with van der Waals surface area (Å²) in [6, 6.07) is 0.549. The van der Waals surface area contributed by atoms with Crippen LogP contribution in [0.5, 0.6) is 0 Å². The lowest BCUT2D eigenvalue weighted by molar-refractivity contribution is 0.364. The second-order valence-corrected chi connectivity index (χ2v) is 5.81. The van der Waals surface area contributed by atoms with E-state index in [1.807, 2.05) is 0 Å². The highest BCUT2D eigenvalue weighted by atomic mass is 35.5. The van der Waals surface area contributed by atoms with Crippen molar-refractivity contribution in [3.8, 4) is 0 Å². The predicted octanol–water partition coefficient (Wildman–Crippen LogP) is 4.09. The van der Waals surface area contributed by atoms with Gasteiger partial charge in [-0.2, -0.15) is 0 Å². The molecule has 0 bridgehead atoms. The van der Waals surface area contributed by atoms with E-state index in [9.17, 15) is 0 Å². The summed E-state index contributed by atoms with van der Waals surface area (Å²) in [5, 5.41) is 8.98. The van der Waals surface area contributed by atoms with Crippen molar-refractivity contribution < 1.29 is 0 Å². The van der Waals surface area contributed by atoms with Gasteiger partial charge in [-0.3, -0.25) is 4.57 Å². The van der Waals surface area contributed by atoms with Gasteiger partial charge in [0.25, 0.3) is 0 Å². The molecular weight excluding hydrogens is 234 g/mol. The molecule has 1 aromatic rings. The van der Waals surface area contributed by atoms with Crippen LogP contribution in [0, 0.1) is 0 Å². The van der Waals surface area contributed by atoms with Crippen LogP contribution in [-0.4, -0.2) is 14.8 Å². The quantitative estimate of drug-likeness (QED) is 0.795. The van der Waals surface area contributed by atoms with E-state index in [4.69, 9.17) is 11.6 Å². The topological polar surface area (TPSA) is 30.7 Å². The first-order valence-corrected chi connectivity index (χ1v) is 7.34. The molecule has 0 atom stereocenters. The lowest BCUT2D eigenvalue weighted by Crippen LogP contribution is -2.14. The smallest absolute Gasteiger partial charge is 0.225 e. The van der Waals surface area contributed by atoms with Crippen molar-refractivity contribution in [1.82, 2.24) is 14.8 Å². The zero-order chi connectivity index (χ0) is 11.7. The van der Waals surface area contributed by atoms with Gasteiger partial charge in [0.05, 0.1) is 0 Å². The second-order valence-electron chi connectivity index (χ2n) is 5.47. The minimum Gasteiger partial charge on any atom is -0.298 e. The summed E-state index contributed by atoms with van der Waals surface area (Å²) in [6.45, 7) is 0. The molecule has 1 heterocycles. The first-order valence-electron chi connectivity index (χ1n) is 6.96. The van der Waals surface area contributed by atoms with Crippen LogP contribution in [0.3, 0.4) is 0 Å². The molecule has 0 N–H and O–H groups in total. The third-order valence-corrected chi connectivity index (χ3v) is 4.32. The fraction of sp³-hybridized carbons (Fsp3) is 0.846. The maximum atomic E-state index is 6.23. The predicted molar refractivity (Wildman–Crippen MR) is 68.4 cm³/mol. The van der Waals surface area contributed by atoms with Crippen LogP contribution in [0.25, 0.3) is 0 Å². The normalized spacial score (nSPS) is 23.4. The number of rotatable bonds is 2. The third kappa shape index (κ3) is 2.49. The van der Waals surface area contributed by atoms with E-state index in [0.29, 0.717) is 17.2 Å². The van der Waals surface area contributed by atoms with Crippen LogP contribution in [0.15, 0.2) is 0 Å². The molecule has 0 saturated heterocycles. The highest BCUT2D eigenvalue weighted by Gasteiger charge is 2.32. The van der Waals surface area contributed by atoms with Gasteiger partial charge in [0.15, 0.2) is 0 Å². The molecule has 94 valence electrons. The van der Waals surface area contributed by atoms with Crippen molar-refractivity contribution in [2.45, 2.75) is 69.7 Å². The van der Waals surface area contributed by atoms with Crippen LogP contribution in [0.4, 0.5) is 0 Å². The van der Waals surface area contributed by atoms with E-state index >= 15 is 0 Å². The summed E-state index contributed by atoms with van der Waals surface area (Å²) < 4.78 is 2.24. The summed E-state index contributed by atoms with van der Waals surface area (Å²) in [4.78, 5) is 0. The molecular formula is C13H20ClN3. The van der Waals surface area contributed by atoms with Gasteiger partial charge in [0.1, 0.15) is 5.82 Å². The first kappa shape index (κ1) is 11.5. The van der Waals surface area contributed by atoms with Gasteiger partial charge in [-0.1, -0.05) is 32.1 Å². The molecule has 1 aromatic heterocycles. The summed E-state index contributed by atoms with van der Waals surface area (Å²) in [5.74, 6) is 1.79. The standard InChI is InChI=1S/C13H20ClN3/c14-13-16-15-12(10-8-9-10)17(13)11-6-4-2-1-3-5-7-11/h10-11H,1-9H2. The molecule has 3 rings (SSSR count). The SMILES string of the molecule is Clc1nnc(C2CC2)n1C1CCCCCCC1. The molecule has 0 amide bonds. The molecule has 2 saturated carbocycles. The molecule has 2 aliphatic carbocycles. The Morgan fingerprint density at radius 3 is 2.18 bits per heavy atom. The summed E-state index contributed by atoms with van der Waals surface area (Å²) in [7, 11) is 0. The second kappa shape index (κ2) is 4.97. The van der Waals surface area contributed by atoms with Crippen LogP contribution in [0.2, 0.25) is 5.28 Å². The molecule has 0 aromatic carbocycles. The van der Waals surface area contributed by atoms with Gasteiger partial charge >= 0.3 is 0 Å². The molecule has 3 nitrogen and oxygen atoms in total. The maximum absolute atomic E-state index is 6.23. The fourth-order valence-electron chi connectivity index (χ4n) is 2.93. The minimum absolute atomic E-state index is 0.549. The van der Waals surface area contributed by atoms with Crippen LogP contribution in [-0.2, 0) is 0 Å². The van der Waals surface area contributed by atoms with Crippen LogP contribution in [0.1, 0.15) is 75.6 Å². The highest BCUT2D eigenvalue weighted by Crippen LogP contribution is 2.42. The average molecular weight is 254 g/mol. The number of nitrogens with zero attached hydrogens (tertiary/aromatic N) is 3. The molecule has 2 fully saturated rings. The molecule has 0 unspecified atom stereocenters. The lowest BCUT2D eigenvalue weighted by atomic mass is 9.96. The largest absolute Gasteiger partial charge is 0.298 e. The molecule has 0 radical (unpaired) electrons. The van der Waals surface area contributed by atoms with E-state index < -0.39 is 0 Å². The molecule has 17 heavy (non-hydrogen) atoms. The van der Waals surface area contributed by atoms with Crippen molar-refractivity contribution in [3.63, 3.8) is 0 Å². The summed E-state index contributed by atoms with van der Waals surface area (Å²) in [5.41, 5.74) is 0.